The molecule has 3 rings (SSSR count). The van der Waals surface area contributed by atoms with Gasteiger partial charge in [0, 0.05) is 11.3 Å². The van der Waals surface area contributed by atoms with Crippen molar-refractivity contribution in [3.05, 3.63) is 58.7 Å². The molecule has 2 unspecified atom stereocenters. The molecule has 0 heterocycles. The van der Waals surface area contributed by atoms with Crippen LogP contribution in [0.2, 0.25) is 0 Å². The van der Waals surface area contributed by atoms with Gasteiger partial charge in [0.1, 0.15) is 11.5 Å². The first-order chi connectivity index (χ1) is 15.6. The fraction of sp³-hybridized carbons (Fsp3) is 0.519. The van der Waals surface area contributed by atoms with Gasteiger partial charge in [-0.05, 0) is 73.9 Å². The Bertz CT molecular complexity index is 916. The van der Waals surface area contributed by atoms with Gasteiger partial charge in [-0.3, -0.25) is 4.79 Å². The Labute approximate surface area is 195 Å². The minimum absolute atomic E-state index is 0.241. The number of aliphatic hydroxyl groups is 2. The van der Waals surface area contributed by atoms with Gasteiger partial charge in [0.25, 0.3) is 0 Å². The molecule has 180 valence electrons. The Morgan fingerprint density at radius 1 is 1.00 bits per heavy atom. The maximum absolute atomic E-state index is 12.6. The van der Waals surface area contributed by atoms with E-state index in [-0.39, 0.29) is 24.1 Å². The molecule has 1 aliphatic carbocycles. The number of hydrogen-bond donors (Lipinski definition) is 4. The summed E-state index contributed by atoms with van der Waals surface area (Å²) < 4.78 is 5.57. The lowest BCUT2D eigenvalue weighted by molar-refractivity contribution is -0.164. The van der Waals surface area contributed by atoms with Crippen LogP contribution in [0.3, 0.4) is 0 Å². The second-order valence-corrected chi connectivity index (χ2v) is 9.57. The normalized spacial score (nSPS) is 19.0. The number of carbonyl (C=O) groups excluding carboxylic acids is 1. The lowest BCUT2D eigenvalue weighted by Crippen LogP contribution is -2.36. The molecular weight excluding hydrogens is 420 g/mol. The van der Waals surface area contributed by atoms with E-state index in [1.165, 1.54) is 0 Å². The Balaban J connectivity index is 1.73. The lowest BCUT2D eigenvalue weighted by atomic mass is 9.72. The van der Waals surface area contributed by atoms with Crippen molar-refractivity contribution in [2.75, 3.05) is 6.61 Å². The average molecular weight is 457 g/mol. The molecule has 0 aliphatic heterocycles. The van der Waals surface area contributed by atoms with E-state index < -0.39 is 23.5 Å². The van der Waals surface area contributed by atoms with Crippen LogP contribution in [0.5, 0.6) is 11.5 Å². The Hall–Kier alpha value is -2.57. The highest BCUT2D eigenvalue weighted by Gasteiger charge is 2.36. The lowest BCUT2D eigenvalue weighted by Gasteiger charge is -2.33. The van der Waals surface area contributed by atoms with E-state index >= 15 is 0 Å². The molecule has 1 fully saturated rings. The third-order valence-corrected chi connectivity index (χ3v) is 7.24. The summed E-state index contributed by atoms with van der Waals surface area (Å²) in [6, 6.07) is 11.1. The van der Waals surface area contributed by atoms with Crippen LogP contribution in [0.4, 0.5) is 0 Å². The molecule has 6 heteroatoms. The van der Waals surface area contributed by atoms with Crippen LogP contribution in [0, 0.1) is 25.7 Å². The first kappa shape index (κ1) is 25.1. The van der Waals surface area contributed by atoms with Gasteiger partial charge in [0.05, 0.1) is 12.5 Å². The largest absolute Gasteiger partial charge is 0.508 e. The molecule has 2 aromatic carbocycles. The number of phenolic OH excluding ortho intramolecular Hbond substituents is 2. The Kier molecular flexibility index (Phi) is 8.03. The van der Waals surface area contributed by atoms with Gasteiger partial charge in [0.15, 0.2) is 6.29 Å². The zero-order valence-electron chi connectivity index (χ0n) is 19.8. The van der Waals surface area contributed by atoms with Crippen molar-refractivity contribution in [2.45, 2.75) is 71.0 Å². The summed E-state index contributed by atoms with van der Waals surface area (Å²) in [6.07, 6.45) is 2.83. The smallest absolute Gasteiger partial charge is 0.309 e. The van der Waals surface area contributed by atoms with Crippen LogP contribution < -0.4 is 0 Å². The van der Waals surface area contributed by atoms with E-state index in [1.54, 1.807) is 12.1 Å². The molecule has 2 aromatic rings. The van der Waals surface area contributed by atoms with E-state index in [4.69, 9.17) is 4.74 Å². The molecule has 0 spiro atoms. The topological polar surface area (TPSA) is 107 Å². The molecule has 6 nitrogen and oxygen atoms in total. The van der Waals surface area contributed by atoms with Crippen molar-refractivity contribution in [3.63, 3.8) is 0 Å². The van der Waals surface area contributed by atoms with Crippen molar-refractivity contribution >= 4 is 5.97 Å². The fourth-order valence-corrected chi connectivity index (χ4v) is 4.97. The zero-order chi connectivity index (χ0) is 24.2. The molecule has 0 saturated heterocycles. The van der Waals surface area contributed by atoms with Crippen molar-refractivity contribution < 1.29 is 30.0 Å². The number of carbonyl (C=O) groups is 1. The van der Waals surface area contributed by atoms with Crippen molar-refractivity contribution in [2.24, 2.45) is 11.8 Å². The summed E-state index contributed by atoms with van der Waals surface area (Å²) in [4.78, 5) is 12.6. The number of hydrogen-bond acceptors (Lipinski definition) is 6. The van der Waals surface area contributed by atoms with Crippen LogP contribution in [-0.4, -0.2) is 39.3 Å². The number of ether oxygens (including phenoxy) is 1. The van der Waals surface area contributed by atoms with Gasteiger partial charge in [-0.2, -0.15) is 0 Å². The molecule has 0 radical (unpaired) electrons. The monoisotopic (exact) mass is 456 g/mol. The van der Waals surface area contributed by atoms with Gasteiger partial charge in [0.2, 0.25) is 0 Å². The fourth-order valence-electron chi connectivity index (χ4n) is 4.97. The standard InChI is InChI=1S/C27H36O6/c1-17-15-19(9-11-23(17)28)27(3,20-10-12-24(29)18(2)16-20)13-6-14-33-26(32)22-8-5-4-7-21(22)25(30)31/h9-12,15-16,21-22,25,28-31H,4-8,13-14H2,1-3H3. The van der Waals surface area contributed by atoms with Gasteiger partial charge in [-0.15, -0.1) is 0 Å². The molecule has 4 N–H and O–H groups in total. The Morgan fingerprint density at radius 2 is 1.55 bits per heavy atom. The molecule has 1 aliphatic rings. The maximum atomic E-state index is 12.6. The molecule has 33 heavy (non-hydrogen) atoms. The van der Waals surface area contributed by atoms with E-state index in [2.05, 4.69) is 6.92 Å². The van der Waals surface area contributed by atoms with Gasteiger partial charge in [-0.1, -0.05) is 44.0 Å². The van der Waals surface area contributed by atoms with Crippen LogP contribution in [0.1, 0.15) is 67.7 Å². The highest BCUT2D eigenvalue weighted by Crippen LogP contribution is 2.39. The highest BCUT2D eigenvalue weighted by atomic mass is 16.5. The SMILES string of the molecule is Cc1cc(C(C)(CCCOC(=O)C2CCCCC2C(O)O)c2ccc(O)c(C)c2)ccc1O. The number of aliphatic hydroxyl groups excluding tert-OH is 1. The van der Waals surface area contributed by atoms with Crippen LogP contribution in [-0.2, 0) is 14.9 Å². The zero-order valence-corrected chi connectivity index (χ0v) is 19.8. The van der Waals surface area contributed by atoms with Crippen molar-refractivity contribution in [3.8, 4) is 11.5 Å². The Morgan fingerprint density at radius 3 is 2.06 bits per heavy atom. The summed E-state index contributed by atoms with van der Waals surface area (Å²) in [5.74, 6) is -0.799. The molecule has 0 amide bonds. The van der Waals surface area contributed by atoms with Crippen molar-refractivity contribution in [1.82, 2.24) is 0 Å². The number of esters is 1. The quantitative estimate of drug-likeness (QED) is 0.265. The number of rotatable bonds is 8. The number of benzene rings is 2. The van der Waals surface area contributed by atoms with Crippen LogP contribution in [0.25, 0.3) is 0 Å². The minimum atomic E-state index is -1.50. The van der Waals surface area contributed by atoms with Crippen LogP contribution >= 0.6 is 0 Å². The molecule has 0 bridgehead atoms. The minimum Gasteiger partial charge on any atom is -0.508 e. The average Bonchev–Trinajstić information content (AvgIpc) is 2.79. The first-order valence-electron chi connectivity index (χ1n) is 11.8. The summed E-state index contributed by atoms with van der Waals surface area (Å²) in [5.41, 5.74) is 3.21. The van der Waals surface area contributed by atoms with Crippen molar-refractivity contribution in [1.29, 1.82) is 0 Å². The highest BCUT2D eigenvalue weighted by molar-refractivity contribution is 5.73. The van der Waals surface area contributed by atoms with Crippen LogP contribution in [0.15, 0.2) is 36.4 Å². The predicted molar refractivity (Wildman–Crippen MR) is 126 cm³/mol. The van der Waals surface area contributed by atoms with Gasteiger partial charge in [-0.25, -0.2) is 0 Å². The van der Waals surface area contributed by atoms with Gasteiger partial charge >= 0.3 is 5.97 Å². The number of aryl methyl sites for hydroxylation is 2. The number of aromatic hydroxyl groups is 2. The second kappa shape index (κ2) is 10.6. The first-order valence-corrected chi connectivity index (χ1v) is 11.8. The van der Waals surface area contributed by atoms with Gasteiger partial charge < -0.3 is 25.2 Å². The summed E-state index contributed by atoms with van der Waals surface area (Å²) >= 11 is 0. The third-order valence-electron chi connectivity index (χ3n) is 7.24. The predicted octanol–water partition coefficient (Wildman–Crippen LogP) is 4.46. The second-order valence-electron chi connectivity index (χ2n) is 9.57. The molecule has 0 aromatic heterocycles. The van der Waals surface area contributed by atoms with E-state index in [9.17, 15) is 25.2 Å². The summed E-state index contributed by atoms with van der Waals surface area (Å²) in [6.45, 7) is 6.08. The molecular formula is C27H36O6. The molecule has 1 saturated carbocycles. The summed E-state index contributed by atoms with van der Waals surface area (Å²) in [5, 5.41) is 39.2. The maximum Gasteiger partial charge on any atom is 0.309 e. The third kappa shape index (κ3) is 5.68. The summed E-state index contributed by atoms with van der Waals surface area (Å²) in [7, 11) is 0. The number of phenols is 2. The van der Waals surface area contributed by atoms with E-state index in [0.717, 1.165) is 35.1 Å². The van der Waals surface area contributed by atoms with E-state index in [0.29, 0.717) is 25.7 Å². The van der Waals surface area contributed by atoms with E-state index in [1.807, 2.05) is 38.1 Å². The molecule has 2 atom stereocenters.